The molecule has 2 rings (SSSR count). The molecule has 0 aliphatic carbocycles. The van der Waals surface area contributed by atoms with E-state index in [-0.39, 0.29) is 6.10 Å². The minimum absolute atomic E-state index is 0.270. The first-order valence-corrected chi connectivity index (χ1v) is 4.41. The number of nitrogens with zero attached hydrogens (tertiary/aromatic N) is 1. The van der Waals surface area contributed by atoms with Crippen molar-refractivity contribution in [1.82, 2.24) is 10.2 Å². The average molecular weight is 186 g/mol. The second-order valence-corrected chi connectivity index (χ2v) is 3.22. The van der Waals surface area contributed by atoms with Gasteiger partial charge in [-0.15, -0.1) is 5.10 Å². The summed E-state index contributed by atoms with van der Waals surface area (Å²) >= 11 is 4.75. The molecule has 1 fully saturated rings. The second-order valence-electron chi connectivity index (χ2n) is 2.85. The highest BCUT2D eigenvalue weighted by atomic mass is 32.1. The zero-order valence-corrected chi connectivity index (χ0v) is 7.39. The molecule has 1 aromatic heterocycles. The Hall–Kier alpha value is -0.680. The standard InChI is InChI=1S/C7H10N2O2S/c12-7-9-8-6(11-7)4-5-2-1-3-10-5/h5H,1-4H2,(H,9,12). The Labute approximate surface area is 74.9 Å². The maximum Gasteiger partial charge on any atom is 0.284 e. The van der Waals surface area contributed by atoms with Gasteiger partial charge in [-0.3, -0.25) is 0 Å². The molecule has 0 bridgehead atoms. The molecule has 0 spiro atoms. The molecule has 1 atom stereocenters. The molecule has 1 aliphatic heterocycles. The lowest BCUT2D eigenvalue weighted by Crippen LogP contribution is -2.08. The van der Waals surface area contributed by atoms with Crippen LogP contribution in [0.5, 0.6) is 0 Å². The Morgan fingerprint density at radius 3 is 3.17 bits per heavy atom. The molecule has 0 amide bonds. The summed E-state index contributed by atoms with van der Waals surface area (Å²) in [6.45, 7) is 0.857. The van der Waals surface area contributed by atoms with Gasteiger partial charge in [-0.25, -0.2) is 5.10 Å². The van der Waals surface area contributed by atoms with E-state index >= 15 is 0 Å². The first-order chi connectivity index (χ1) is 5.84. The van der Waals surface area contributed by atoms with Crippen molar-refractivity contribution in [3.8, 4) is 0 Å². The topological polar surface area (TPSA) is 51.0 Å². The zero-order valence-electron chi connectivity index (χ0n) is 6.58. The quantitative estimate of drug-likeness (QED) is 0.710. The lowest BCUT2D eigenvalue weighted by molar-refractivity contribution is 0.105. The lowest BCUT2D eigenvalue weighted by Gasteiger charge is -2.03. The molecule has 12 heavy (non-hydrogen) atoms. The third kappa shape index (κ3) is 1.73. The Morgan fingerprint density at radius 1 is 1.67 bits per heavy atom. The molecular formula is C7H10N2O2S. The van der Waals surface area contributed by atoms with Crippen LogP contribution in [0.2, 0.25) is 0 Å². The van der Waals surface area contributed by atoms with Gasteiger partial charge in [0.1, 0.15) is 0 Å². The number of H-pyrrole nitrogens is 1. The van der Waals surface area contributed by atoms with Crippen LogP contribution >= 0.6 is 12.2 Å². The number of ether oxygens (including phenoxy) is 1. The molecule has 1 N–H and O–H groups in total. The summed E-state index contributed by atoms with van der Waals surface area (Å²) in [7, 11) is 0. The van der Waals surface area contributed by atoms with E-state index in [4.69, 9.17) is 21.4 Å². The maximum atomic E-state index is 5.42. The van der Waals surface area contributed by atoms with Crippen molar-refractivity contribution in [2.75, 3.05) is 6.61 Å². The van der Waals surface area contributed by atoms with Crippen molar-refractivity contribution in [3.05, 3.63) is 10.7 Å². The van der Waals surface area contributed by atoms with Gasteiger partial charge in [0.15, 0.2) is 0 Å². The van der Waals surface area contributed by atoms with Gasteiger partial charge in [0, 0.05) is 6.61 Å². The molecule has 1 aliphatic rings. The first kappa shape index (κ1) is 7.94. The fourth-order valence-electron chi connectivity index (χ4n) is 1.35. The van der Waals surface area contributed by atoms with E-state index in [9.17, 15) is 0 Å². The average Bonchev–Trinajstić information content (AvgIpc) is 2.63. The third-order valence-electron chi connectivity index (χ3n) is 1.91. The van der Waals surface area contributed by atoms with E-state index in [1.54, 1.807) is 0 Å². The van der Waals surface area contributed by atoms with Gasteiger partial charge in [0.25, 0.3) is 4.84 Å². The minimum Gasteiger partial charge on any atom is -0.414 e. The Balaban J connectivity index is 1.98. The Kier molecular flexibility index (Phi) is 2.23. The highest BCUT2D eigenvalue weighted by Gasteiger charge is 2.18. The molecule has 2 heterocycles. The predicted molar refractivity (Wildman–Crippen MR) is 44.4 cm³/mol. The molecule has 66 valence electrons. The summed E-state index contributed by atoms with van der Waals surface area (Å²) in [4.78, 5) is 0.336. The van der Waals surface area contributed by atoms with E-state index in [1.807, 2.05) is 0 Å². The van der Waals surface area contributed by atoms with Gasteiger partial charge in [-0.1, -0.05) is 0 Å². The summed E-state index contributed by atoms with van der Waals surface area (Å²) < 4.78 is 10.5. The van der Waals surface area contributed by atoms with Gasteiger partial charge in [0.05, 0.1) is 12.5 Å². The second kappa shape index (κ2) is 3.37. The lowest BCUT2D eigenvalue weighted by atomic mass is 10.2. The smallest absolute Gasteiger partial charge is 0.284 e. The van der Waals surface area contributed by atoms with Crippen LogP contribution in [0.25, 0.3) is 0 Å². The number of aromatic nitrogens is 2. The van der Waals surface area contributed by atoms with Crippen LogP contribution < -0.4 is 0 Å². The molecule has 5 heteroatoms. The Bertz CT molecular complexity index is 300. The van der Waals surface area contributed by atoms with Crippen LogP contribution in [-0.2, 0) is 11.2 Å². The number of hydrogen-bond acceptors (Lipinski definition) is 4. The molecular weight excluding hydrogens is 176 g/mol. The molecule has 4 nitrogen and oxygen atoms in total. The fraction of sp³-hybridized carbons (Fsp3) is 0.714. The Morgan fingerprint density at radius 2 is 2.58 bits per heavy atom. The van der Waals surface area contributed by atoms with Crippen LogP contribution in [-0.4, -0.2) is 22.9 Å². The molecule has 0 aromatic carbocycles. The zero-order chi connectivity index (χ0) is 8.39. The minimum atomic E-state index is 0.270. The normalized spacial score (nSPS) is 23.2. The highest BCUT2D eigenvalue weighted by molar-refractivity contribution is 7.71. The van der Waals surface area contributed by atoms with Crippen LogP contribution in [0.3, 0.4) is 0 Å². The van der Waals surface area contributed by atoms with Crippen molar-refractivity contribution in [2.24, 2.45) is 0 Å². The van der Waals surface area contributed by atoms with Gasteiger partial charge in [-0.05, 0) is 25.1 Å². The summed E-state index contributed by atoms with van der Waals surface area (Å²) in [5.41, 5.74) is 0. The van der Waals surface area contributed by atoms with Gasteiger partial charge in [0.2, 0.25) is 5.89 Å². The molecule has 0 saturated carbocycles. The third-order valence-corrected chi connectivity index (χ3v) is 2.08. The summed E-state index contributed by atoms with van der Waals surface area (Å²) in [5, 5.41) is 6.49. The van der Waals surface area contributed by atoms with E-state index in [2.05, 4.69) is 10.2 Å². The van der Waals surface area contributed by atoms with Crippen molar-refractivity contribution in [2.45, 2.75) is 25.4 Å². The van der Waals surface area contributed by atoms with E-state index < -0.39 is 0 Å². The highest BCUT2D eigenvalue weighted by Crippen LogP contribution is 2.15. The largest absolute Gasteiger partial charge is 0.414 e. The van der Waals surface area contributed by atoms with E-state index in [0.29, 0.717) is 10.7 Å². The molecule has 1 unspecified atom stereocenters. The number of nitrogens with one attached hydrogen (secondary N) is 1. The maximum absolute atomic E-state index is 5.42. The molecule has 1 aromatic rings. The van der Waals surface area contributed by atoms with Gasteiger partial charge >= 0.3 is 0 Å². The number of rotatable bonds is 2. The van der Waals surface area contributed by atoms with Crippen molar-refractivity contribution in [1.29, 1.82) is 0 Å². The van der Waals surface area contributed by atoms with Crippen LogP contribution in [0, 0.1) is 4.84 Å². The summed E-state index contributed by atoms with van der Waals surface area (Å²) in [5.74, 6) is 0.645. The van der Waals surface area contributed by atoms with Crippen molar-refractivity contribution < 1.29 is 9.15 Å². The number of aromatic amines is 1. The van der Waals surface area contributed by atoms with E-state index in [0.717, 1.165) is 25.9 Å². The summed E-state index contributed by atoms with van der Waals surface area (Å²) in [6.07, 6.45) is 3.23. The van der Waals surface area contributed by atoms with E-state index in [1.165, 1.54) is 0 Å². The van der Waals surface area contributed by atoms with Crippen LogP contribution in [0.15, 0.2) is 4.42 Å². The summed E-state index contributed by atoms with van der Waals surface area (Å²) in [6, 6.07) is 0. The van der Waals surface area contributed by atoms with Gasteiger partial charge in [-0.2, -0.15) is 0 Å². The van der Waals surface area contributed by atoms with Crippen LogP contribution in [0.4, 0.5) is 0 Å². The van der Waals surface area contributed by atoms with Gasteiger partial charge < -0.3 is 9.15 Å². The SMILES string of the molecule is S=c1[nH]nc(CC2CCCO2)o1. The van der Waals surface area contributed by atoms with Crippen molar-refractivity contribution in [3.63, 3.8) is 0 Å². The molecule has 0 radical (unpaired) electrons. The molecule has 1 saturated heterocycles. The van der Waals surface area contributed by atoms with Crippen molar-refractivity contribution >= 4 is 12.2 Å². The predicted octanol–water partition coefficient (Wildman–Crippen LogP) is 1.45. The van der Waals surface area contributed by atoms with Crippen LogP contribution in [0.1, 0.15) is 18.7 Å². The monoisotopic (exact) mass is 186 g/mol. The fourth-order valence-corrected chi connectivity index (χ4v) is 1.49. The first-order valence-electron chi connectivity index (χ1n) is 4.00. The number of hydrogen-bond donors (Lipinski definition) is 1.